The molecule has 0 bridgehead atoms. The van der Waals surface area contributed by atoms with Gasteiger partial charge in [-0.25, -0.2) is 9.50 Å². The molecule has 0 atom stereocenters. The number of rotatable bonds is 4. The minimum atomic E-state index is 0.450. The molecule has 4 heterocycles. The van der Waals surface area contributed by atoms with E-state index in [2.05, 4.69) is 37.3 Å². The quantitative estimate of drug-likeness (QED) is 0.620. The lowest BCUT2D eigenvalue weighted by Crippen LogP contribution is -1.97. The average Bonchev–Trinajstić information content (AvgIpc) is 3.24. The van der Waals surface area contributed by atoms with Crippen LogP contribution >= 0.6 is 0 Å². The van der Waals surface area contributed by atoms with Crippen molar-refractivity contribution in [3.63, 3.8) is 0 Å². The van der Waals surface area contributed by atoms with Crippen LogP contribution in [0.2, 0.25) is 0 Å². The second-order valence-corrected chi connectivity index (χ2v) is 5.77. The van der Waals surface area contributed by atoms with Crippen LogP contribution in [0.5, 0.6) is 0 Å². The molecule has 4 rings (SSSR count). The van der Waals surface area contributed by atoms with Gasteiger partial charge in [0.15, 0.2) is 5.65 Å². The highest BCUT2D eigenvalue weighted by Gasteiger charge is 2.19. The molecular weight excluding hydrogens is 306 g/mol. The summed E-state index contributed by atoms with van der Waals surface area (Å²) in [6, 6.07) is 1.98. The summed E-state index contributed by atoms with van der Waals surface area (Å²) in [6.45, 7) is 6.05. The SMILES string of the molecule is CCCc1[nH]ncc1-c1nc(-c2cnn3c(C)cc(C)nc23)no1. The van der Waals surface area contributed by atoms with E-state index in [4.69, 9.17) is 4.52 Å². The minimum absolute atomic E-state index is 0.450. The topological polar surface area (TPSA) is 97.8 Å². The normalized spacial score (nSPS) is 11.5. The third-order valence-electron chi connectivity index (χ3n) is 3.89. The van der Waals surface area contributed by atoms with Crippen LogP contribution in [-0.2, 0) is 6.42 Å². The van der Waals surface area contributed by atoms with Crippen molar-refractivity contribution in [2.45, 2.75) is 33.6 Å². The Bertz CT molecular complexity index is 1010. The summed E-state index contributed by atoms with van der Waals surface area (Å²) in [4.78, 5) is 9.07. The fraction of sp³-hybridized carbons (Fsp3) is 0.312. The number of nitrogens with one attached hydrogen (secondary N) is 1. The first-order valence-corrected chi connectivity index (χ1v) is 7.86. The highest BCUT2D eigenvalue weighted by Crippen LogP contribution is 2.26. The van der Waals surface area contributed by atoms with Crippen LogP contribution in [0.4, 0.5) is 0 Å². The summed E-state index contributed by atoms with van der Waals surface area (Å²) in [6.07, 6.45) is 5.31. The molecule has 0 aliphatic rings. The molecule has 0 aliphatic heterocycles. The number of aryl methyl sites for hydroxylation is 3. The second-order valence-electron chi connectivity index (χ2n) is 5.77. The van der Waals surface area contributed by atoms with Gasteiger partial charge in [-0.3, -0.25) is 5.10 Å². The van der Waals surface area contributed by atoms with E-state index in [1.165, 1.54) is 0 Å². The van der Waals surface area contributed by atoms with Crippen LogP contribution < -0.4 is 0 Å². The number of hydrogen-bond acceptors (Lipinski definition) is 6. The molecule has 1 N–H and O–H groups in total. The van der Waals surface area contributed by atoms with Gasteiger partial charge in [0.05, 0.1) is 23.5 Å². The molecule has 0 radical (unpaired) electrons. The number of H-pyrrole nitrogens is 1. The van der Waals surface area contributed by atoms with Crippen LogP contribution in [0.15, 0.2) is 23.0 Å². The van der Waals surface area contributed by atoms with Crippen molar-refractivity contribution in [2.24, 2.45) is 0 Å². The van der Waals surface area contributed by atoms with Gasteiger partial charge in [0.2, 0.25) is 5.82 Å². The summed E-state index contributed by atoms with van der Waals surface area (Å²) in [5.74, 6) is 0.923. The summed E-state index contributed by atoms with van der Waals surface area (Å²) in [5.41, 5.74) is 5.24. The van der Waals surface area contributed by atoms with Crippen LogP contribution in [-0.4, -0.2) is 34.9 Å². The maximum atomic E-state index is 5.44. The Morgan fingerprint density at radius 1 is 1.17 bits per heavy atom. The van der Waals surface area contributed by atoms with Gasteiger partial charge >= 0.3 is 0 Å². The molecule has 0 amide bonds. The van der Waals surface area contributed by atoms with Crippen molar-refractivity contribution in [3.05, 3.63) is 35.5 Å². The Labute approximate surface area is 137 Å². The van der Waals surface area contributed by atoms with E-state index in [9.17, 15) is 0 Å². The van der Waals surface area contributed by atoms with Gasteiger partial charge in [0.1, 0.15) is 0 Å². The Hall–Kier alpha value is -3.03. The molecule has 0 aromatic carbocycles. The molecular formula is C16H17N7O. The zero-order valence-corrected chi connectivity index (χ0v) is 13.7. The number of hydrogen-bond donors (Lipinski definition) is 1. The van der Waals surface area contributed by atoms with Gasteiger partial charge in [-0.2, -0.15) is 15.2 Å². The molecule has 8 nitrogen and oxygen atoms in total. The Morgan fingerprint density at radius 3 is 2.88 bits per heavy atom. The number of fused-ring (bicyclic) bond motifs is 1. The maximum Gasteiger partial charge on any atom is 0.261 e. The van der Waals surface area contributed by atoms with Gasteiger partial charge in [-0.1, -0.05) is 18.5 Å². The van der Waals surface area contributed by atoms with Gasteiger partial charge in [-0.15, -0.1) is 0 Å². The lowest BCUT2D eigenvalue weighted by Gasteiger charge is -2.00. The Kier molecular flexibility index (Phi) is 3.37. The van der Waals surface area contributed by atoms with Gasteiger partial charge in [-0.05, 0) is 26.3 Å². The first-order chi connectivity index (χ1) is 11.7. The fourth-order valence-corrected chi connectivity index (χ4v) is 2.81. The third-order valence-corrected chi connectivity index (χ3v) is 3.89. The monoisotopic (exact) mass is 323 g/mol. The molecule has 0 fully saturated rings. The van der Waals surface area contributed by atoms with Crippen molar-refractivity contribution in [2.75, 3.05) is 0 Å². The molecule has 0 saturated carbocycles. The van der Waals surface area contributed by atoms with Crippen molar-refractivity contribution in [1.29, 1.82) is 0 Å². The molecule has 8 heteroatoms. The smallest absolute Gasteiger partial charge is 0.261 e. The van der Waals surface area contributed by atoms with Crippen LogP contribution in [0.1, 0.15) is 30.4 Å². The highest BCUT2D eigenvalue weighted by atomic mass is 16.5. The largest absolute Gasteiger partial charge is 0.333 e. The van der Waals surface area contributed by atoms with Crippen LogP contribution in [0.25, 0.3) is 28.5 Å². The van der Waals surface area contributed by atoms with Gasteiger partial charge in [0, 0.05) is 17.1 Å². The van der Waals surface area contributed by atoms with Crippen molar-refractivity contribution in [1.82, 2.24) is 34.9 Å². The molecule has 0 spiro atoms. The Morgan fingerprint density at radius 2 is 2.04 bits per heavy atom. The van der Waals surface area contributed by atoms with Gasteiger partial charge in [0.25, 0.3) is 5.89 Å². The molecule has 4 aromatic rings. The van der Waals surface area contributed by atoms with Crippen molar-refractivity contribution >= 4 is 5.65 Å². The molecule has 4 aromatic heterocycles. The van der Waals surface area contributed by atoms with E-state index < -0.39 is 0 Å². The predicted octanol–water partition coefficient (Wildman–Crippen LogP) is 2.74. The lowest BCUT2D eigenvalue weighted by atomic mass is 10.1. The minimum Gasteiger partial charge on any atom is -0.333 e. The zero-order valence-electron chi connectivity index (χ0n) is 13.7. The molecule has 122 valence electrons. The van der Waals surface area contributed by atoms with Crippen molar-refractivity contribution in [3.8, 4) is 22.8 Å². The summed E-state index contributed by atoms with van der Waals surface area (Å²) in [7, 11) is 0. The van der Waals surface area contributed by atoms with E-state index in [0.29, 0.717) is 11.7 Å². The van der Waals surface area contributed by atoms with Crippen LogP contribution in [0.3, 0.4) is 0 Å². The van der Waals surface area contributed by atoms with E-state index >= 15 is 0 Å². The standard InChI is InChI=1S/C16H17N7O/c1-4-5-13-11(7-17-21-13)16-20-14(22-24-16)12-8-18-23-10(3)6-9(2)19-15(12)23/h6-8H,4-5H2,1-3H3,(H,17,21). The molecule has 0 saturated heterocycles. The summed E-state index contributed by atoms with van der Waals surface area (Å²) < 4.78 is 7.22. The lowest BCUT2D eigenvalue weighted by molar-refractivity contribution is 0.432. The van der Waals surface area contributed by atoms with Gasteiger partial charge < -0.3 is 4.52 Å². The molecule has 0 aliphatic carbocycles. The zero-order chi connectivity index (χ0) is 16.7. The number of aromatic amines is 1. The fourth-order valence-electron chi connectivity index (χ4n) is 2.81. The first-order valence-electron chi connectivity index (χ1n) is 7.86. The van der Waals surface area contributed by atoms with E-state index in [-0.39, 0.29) is 0 Å². The predicted molar refractivity (Wildman–Crippen MR) is 87.3 cm³/mol. The van der Waals surface area contributed by atoms with E-state index in [1.54, 1.807) is 16.9 Å². The van der Waals surface area contributed by atoms with E-state index in [0.717, 1.165) is 46.7 Å². The van der Waals surface area contributed by atoms with Crippen molar-refractivity contribution < 1.29 is 4.52 Å². The summed E-state index contributed by atoms with van der Waals surface area (Å²) >= 11 is 0. The number of nitrogens with zero attached hydrogens (tertiary/aromatic N) is 6. The highest BCUT2D eigenvalue weighted by molar-refractivity contribution is 5.73. The molecule has 24 heavy (non-hydrogen) atoms. The molecule has 0 unspecified atom stereocenters. The van der Waals surface area contributed by atoms with E-state index in [1.807, 2.05) is 19.9 Å². The Balaban J connectivity index is 1.79. The third kappa shape index (κ3) is 2.27. The number of aromatic nitrogens is 7. The average molecular weight is 323 g/mol. The summed E-state index contributed by atoms with van der Waals surface area (Å²) in [5, 5.41) is 15.5. The maximum absolute atomic E-state index is 5.44. The van der Waals surface area contributed by atoms with Crippen LogP contribution in [0, 0.1) is 13.8 Å². The first kappa shape index (κ1) is 14.6. The second kappa shape index (κ2) is 5.55.